The van der Waals surface area contributed by atoms with Gasteiger partial charge in [-0.2, -0.15) is 0 Å². The number of rotatable bonds is 3. The molecule has 1 aliphatic rings. The van der Waals surface area contributed by atoms with Crippen molar-refractivity contribution in [3.8, 4) is 0 Å². The zero-order valence-electron chi connectivity index (χ0n) is 8.82. The molecule has 0 aliphatic carbocycles. The molecule has 1 fully saturated rings. The van der Waals surface area contributed by atoms with E-state index in [9.17, 15) is 4.79 Å². The molecule has 2 heterocycles. The lowest BCUT2D eigenvalue weighted by Gasteiger charge is -2.18. The van der Waals surface area contributed by atoms with E-state index in [1.165, 1.54) is 6.26 Å². The van der Waals surface area contributed by atoms with Crippen molar-refractivity contribution >= 4 is 5.91 Å². The summed E-state index contributed by atoms with van der Waals surface area (Å²) in [5.41, 5.74) is 0. The van der Waals surface area contributed by atoms with E-state index in [0.29, 0.717) is 11.7 Å². The van der Waals surface area contributed by atoms with Gasteiger partial charge in [-0.25, -0.2) is 0 Å². The summed E-state index contributed by atoms with van der Waals surface area (Å²) >= 11 is 0. The number of amides is 1. The van der Waals surface area contributed by atoms with Gasteiger partial charge in [-0.1, -0.05) is 0 Å². The van der Waals surface area contributed by atoms with Crippen molar-refractivity contribution in [3.05, 3.63) is 24.2 Å². The molecule has 4 heteroatoms. The number of carbonyl (C=O) groups excluding carboxylic acids is 1. The normalized spacial score (nSPS) is 22.6. The van der Waals surface area contributed by atoms with Gasteiger partial charge in [-0.3, -0.25) is 4.79 Å². The minimum Gasteiger partial charge on any atom is -0.459 e. The summed E-state index contributed by atoms with van der Waals surface area (Å²) in [6.45, 7) is 4.07. The third-order valence-electron chi connectivity index (χ3n) is 2.91. The summed E-state index contributed by atoms with van der Waals surface area (Å²) in [4.78, 5) is 11.6. The van der Waals surface area contributed by atoms with Gasteiger partial charge >= 0.3 is 0 Å². The van der Waals surface area contributed by atoms with E-state index in [-0.39, 0.29) is 11.9 Å². The van der Waals surface area contributed by atoms with Crippen LogP contribution in [0.4, 0.5) is 0 Å². The van der Waals surface area contributed by atoms with Crippen molar-refractivity contribution in [3.63, 3.8) is 0 Å². The molecule has 1 aromatic rings. The fourth-order valence-electron chi connectivity index (χ4n) is 1.91. The monoisotopic (exact) mass is 208 g/mol. The van der Waals surface area contributed by atoms with Crippen LogP contribution in [0.3, 0.4) is 0 Å². The van der Waals surface area contributed by atoms with Crippen molar-refractivity contribution in [1.82, 2.24) is 10.6 Å². The van der Waals surface area contributed by atoms with E-state index in [2.05, 4.69) is 10.6 Å². The van der Waals surface area contributed by atoms with Gasteiger partial charge in [0.2, 0.25) is 0 Å². The maximum Gasteiger partial charge on any atom is 0.287 e. The molecule has 0 bridgehead atoms. The summed E-state index contributed by atoms with van der Waals surface area (Å²) in [5, 5.41) is 6.24. The highest BCUT2D eigenvalue weighted by molar-refractivity contribution is 5.91. The zero-order valence-corrected chi connectivity index (χ0v) is 8.82. The number of carbonyl (C=O) groups is 1. The van der Waals surface area contributed by atoms with Crippen LogP contribution in [-0.4, -0.2) is 25.0 Å². The summed E-state index contributed by atoms with van der Waals surface area (Å²) in [7, 11) is 0. The molecule has 1 aliphatic heterocycles. The molecule has 82 valence electrons. The largest absolute Gasteiger partial charge is 0.459 e. The third kappa shape index (κ3) is 2.39. The van der Waals surface area contributed by atoms with Crippen molar-refractivity contribution in [1.29, 1.82) is 0 Å². The lowest BCUT2D eigenvalue weighted by molar-refractivity contribution is 0.0900. The Labute approximate surface area is 89.0 Å². The van der Waals surface area contributed by atoms with E-state index in [1.54, 1.807) is 12.1 Å². The fraction of sp³-hybridized carbons (Fsp3) is 0.545. The molecule has 1 aromatic heterocycles. The molecule has 0 radical (unpaired) electrons. The van der Waals surface area contributed by atoms with E-state index < -0.39 is 0 Å². The second-order valence-electron chi connectivity index (χ2n) is 3.99. The lowest BCUT2D eigenvalue weighted by Crippen LogP contribution is -2.38. The van der Waals surface area contributed by atoms with Crippen LogP contribution in [0.5, 0.6) is 0 Å². The van der Waals surface area contributed by atoms with Gasteiger partial charge in [0.05, 0.1) is 6.26 Å². The van der Waals surface area contributed by atoms with Crippen LogP contribution < -0.4 is 10.6 Å². The van der Waals surface area contributed by atoms with Gasteiger partial charge in [0.15, 0.2) is 5.76 Å². The summed E-state index contributed by atoms with van der Waals surface area (Å²) in [5.74, 6) is 0.788. The number of hydrogen-bond acceptors (Lipinski definition) is 3. The zero-order chi connectivity index (χ0) is 10.7. The molecule has 2 N–H and O–H groups in total. The minimum atomic E-state index is -0.126. The van der Waals surface area contributed by atoms with Crippen LogP contribution in [0.15, 0.2) is 22.8 Å². The molecule has 2 unspecified atom stereocenters. The number of furan rings is 1. The predicted octanol–water partition coefficient (Wildman–Crippen LogP) is 1.01. The maximum atomic E-state index is 11.6. The van der Waals surface area contributed by atoms with Gasteiger partial charge in [0.1, 0.15) is 0 Å². The van der Waals surface area contributed by atoms with Crippen molar-refractivity contribution < 1.29 is 9.21 Å². The highest BCUT2D eigenvalue weighted by Gasteiger charge is 2.23. The van der Waals surface area contributed by atoms with Gasteiger partial charge in [-0.05, 0) is 44.5 Å². The smallest absolute Gasteiger partial charge is 0.287 e. The Morgan fingerprint density at radius 2 is 2.60 bits per heavy atom. The summed E-state index contributed by atoms with van der Waals surface area (Å²) < 4.78 is 5.03. The molecule has 2 rings (SSSR count). The van der Waals surface area contributed by atoms with Crippen LogP contribution in [0.25, 0.3) is 0 Å². The van der Waals surface area contributed by atoms with Gasteiger partial charge < -0.3 is 15.1 Å². The second-order valence-corrected chi connectivity index (χ2v) is 3.99. The van der Waals surface area contributed by atoms with E-state index >= 15 is 0 Å². The van der Waals surface area contributed by atoms with Crippen LogP contribution in [0, 0.1) is 5.92 Å². The summed E-state index contributed by atoms with van der Waals surface area (Å²) in [6.07, 6.45) is 2.64. The molecule has 0 spiro atoms. The Hall–Kier alpha value is -1.29. The highest BCUT2D eigenvalue weighted by Crippen LogP contribution is 2.13. The molecular weight excluding hydrogens is 192 g/mol. The topological polar surface area (TPSA) is 54.3 Å². The Kier molecular flexibility index (Phi) is 3.06. The average molecular weight is 208 g/mol. The van der Waals surface area contributed by atoms with Crippen molar-refractivity contribution in [2.75, 3.05) is 13.1 Å². The number of nitrogens with one attached hydrogen (secondary N) is 2. The Balaban J connectivity index is 1.88. The lowest BCUT2D eigenvalue weighted by atomic mass is 10.0. The third-order valence-corrected chi connectivity index (χ3v) is 2.91. The molecule has 1 saturated heterocycles. The van der Waals surface area contributed by atoms with Crippen molar-refractivity contribution in [2.24, 2.45) is 5.92 Å². The van der Waals surface area contributed by atoms with E-state index in [0.717, 1.165) is 19.5 Å². The van der Waals surface area contributed by atoms with Crippen LogP contribution in [0.2, 0.25) is 0 Å². The standard InChI is InChI=1S/C11H16N2O2/c1-8(9-4-5-12-7-9)13-11(14)10-3-2-6-15-10/h2-3,6,8-9,12H,4-5,7H2,1H3,(H,13,14). The van der Waals surface area contributed by atoms with Crippen LogP contribution in [-0.2, 0) is 0 Å². The SMILES string of the molecule is CC(NC(=O)c1ccco1)C1CCNC1. The number of hydrogen-bond donors (Lipinski definition) is 2. The van der Waals surface area contributed by atoms with Crippen LogP contribution in [0.1, 0.15) is 23.9 Å². The van der Waals surface area contributed by atoms with Gasteiger partial charge in [0, 0.05) is 6.04 Å². The Morgan fingerprint density at radius 1 is 1.73 bits per heavy atom. The maximum absolute atomic E-state index is 11.6. The predicted molar refractivity (Wildman–Crippen MR) is 56.6 cm³/mol. The first kappa shape index (κ1) is 10.2. The summed E-state index contributed by atoms with van der Waals surface area (Å²) in [6, 6.07) is 3.59. The molecule has 2 atom stereocenters. The average Bonchev–Trinajstić information content (AvgIpc) is 2.91. The molecule has 0 saturated carbocycles. The van der Waals surface area contributed by atoms with Gasteiger partial charge in [-0.15, -0.1) is 0 Å². The molecule has 15 heavy (non-hydrogen) atoms. The Morgan fingerprint density at radius 3 is 3.20 bits per heavy atom. The first-order valence-electron chi connectivity index (χ1n) is 5.32. The molecule has 4 nitrogen and oxygen atoms in total. The first-order valence-corrected chi connectivity index (χ1v) is 5.32. The highest BCUT2D eigenvalue weighted by atomic mass is 16.3. The molecular formula is C11H16N2O2. The Bertz CT molecular complexity index is 315. The van der Waals surface area contributed by atoms with Crippen LogP contribution >= 0.6 is 0 Å². The van der Waals surface area contributed by atoms with E-state index in [4.69, 9.17) is 4.42 Å². The fourth-order valence-corrected chi connectivity index (χ4v) is 1.91. The van der Waals surface area contributed by atoms with E-state index in [1.807, 2.05) is 6.92 Å². The quantitative estimate of drug-likeness (QED) is 0.779. The second kappa shape index (κ2) is 4.49. The van der Waals surface area contributed by atoms with Gasteiger partial charge in [0.25, 0.3) is 5.91 Å². The molecule has 1 amide bonds. The van der Waals surface area contributed by atoms with Crippen molar-refractivity contribution in [2.45, 2.75) is 19.4 Å². The molecule has 0 aromatic carbocycles. The first-order chi connectivity index (χ1) is 7.27. The minimum absolute atomic E-state index is 0.126.